The summed E-state index contributed by atoms with van der Waals surface area (Å²) in [4.78, 5) is 25.4. The summed E-state index contributed by atoms with van der Waals surface area (Å²) in [5.74, 6) is -1.47. The first-order chi connectivity index (χ1) is 10.0. The van der Waals surface area contributed by atoms with Crippen LogP contribution in [0.25, 0.3) is 0 Å². The van der Waals surface area contributed by atoms with Gasteiger partial charge in [0.2, 0.25) is 5.91 Å². The normalized spacial score (nSPS) is 22.4. The van der Waals surface area contributed by atoms with E-state index in [1.54, 1.807) is 12.0 Å². The average Bonchev–Trinajstić information content (AvgIpc) is 2.45. The number of nitrogens with zero attached hydrogens (tertiary/aromatic N) is 1. The van der Waals surface area contributed by atoms with Crippen LogP contribution >= 0.6 is 15.9 Å². The van der Waals surface area contributed by atoms with Gasteiger partial charge in [-0.15, -0.1) is 0 Å². The SMILES string of the molecule is COCCN1C(=O)CCC(C(=O)O)C1c1cccc(Br)c1. The summed E-state index contributed by atoms with van der Waals surface area (Å²) in [7, 11) is 1.57. The Morgan fingerprint density at radius 3 is 2.90 bits per heavy atom. The molecule has 1 fully saturated rings. The van der Waals surface area contributed by atoms with Crippen LogP contribution in [0.3, 0.4) is 0 Å². The highest BCUT2D eigenvalue weighted by molar-refractivity contribution is 9.10. The highest BCUT2D eigenvalue weighted by Gasteiger charge is 2.40. The maximum absolute atomic E-state index is 12.2. The number of piperidine rings is 1. The number of hydrogen-bond donors (Lipinski definition) is 1. The molecule has 1 amide bonds. The van der Waals surface area contributed by atoms with Crippen molar-refractivity contribution < 1.29 is 19.4 Å². The number of carboxylic acid groups (broad SMARTS) is 1. The molecule has 114 valence electrons. The molecule has 21 heavy (non-hydrogen) atoms. The smallest absolute Gasteiger partial charge is 0.308 e. The first-order valence-corrected chi connectivity index (χ1v) is 7.60. The van der Waals surface area contributed by atoms with Gasteiger partial charge < -0.3 is 14.7 Å². The van der Waals surface area contributed by atoms with Gasteiger partial charge in [-0.25, -0.2) is 0 Å². The molecule has 2 rings (SSSR count). The Morgan fingerprint density at radius 2 is 2.29 bits per heavy atom. The molecule has 0 bridgehead atoms. The fraction of sp³-hybridized carbons (Fsp3) is 0.467. The van der Waals surface area contributed by atoms with Gasteiger partial charge in [-0.05, 0) is 24.1 Å². The van der Waals surface area contributed by atoms with Crippen LogP contribution in [0, 0.1) is 5.92 Å². The second-order valence-corrected chi connectivity index (χ2v) is 5.98. The molecule has 1 saturated heterocycles. The third-order valence-electron chi connectivity index (χ3n) is 3.75. The van der Waals surface area contributed by atoms with Crippen LogP contribution in [0.1, 0.15) is 24.4 Å². The van der Waals surface area contributed by atoms with Gasteiger partial charge >= 0.3 is 5.97 Å². The lowest BCUT2D eigenvalue weighted by Gasteiger charge is -2.39. The number of hydrogen-bond acceptors (Lipinski definition) is 3. The van der Waals surface area contributed by atoms with Crippen molar-refractivity contribution in [2.24, 2.45) is 5.92 Å². The molecule has 0 saturated carbocycles. The van der Waals surface area contributed by atoms with Crippen molar-refractivity contribution in [2.45, 2.75) is 18.9 Å². The standard InChI is InChI=1S/C15H18BrNO4/c1-21-8-7-17-13(18)6-5-12(15(19)20)14(17)10-3-2-4-11(16)9-10/h2-4,9,12,14H,5-8H2,1H3,(H,19,20). The van der Waals surface area contributed by atoms with Gasteiger partial charge in [0.05, 0.1) is 18.6 Å². The van der Waals surface area contributed by atoms with Crippen molar-refractivity contribution in [3.8, 4) is 0 Å². The summed E-state index contributed by atoms with van der Waals surface area (Å²) in [5, 5.41) is 9.49. The maximum Gasteiger partial charge on any atom is 0.308 e. The zero-order valence-corrected chi connectivity index (χ0v) is 13.4. The molecule has 2 atom stereocenters. The summed E-state index contributed by atoms with van der Waals surface area (Å²) in [6, 6.07) is 7.02. The minimum Gasteiger partial charge on any atom is -0.481 e. The van der Waals surface area contributed by atoms with E-state index in [0.29, 0.717) is 19.6 Å². The third-order valence-corrected chi connectivity index (χ3v) is 4.24. The van der Waals surface area contributed by atoms with E-state index in [9.17, 15) is 14.7 Å². The molecule has 1 aliphatic heterocycles. The van der Waals surface area contributed by atoms with Crippen LogP contribution in [0.5, 0.6) is 0 Å². The van der Waals surface area contributed by atoms with Gasteiger partial charge in [0.15, 0.2) is 0 Å². The monoisotopic (exact) mass is 355 g/mol. The minimum absolute atomic E-state index is 0.0190. The lowest BCUT2D eigenvalue weighted by atomic mass is 9.84. The fourth-order valence-corrected chi connectivity index (χ4v) is 3.18. The van der Waals surface area contributed by atoms with Crippen LogP contribution in [-0.4, -0.2) is 42.1 Å². The van der Waals surface area contributed by atoms with Crippen LogP contribution in [-0.2, 0) is 14.3 Å². The molecule has 6 heteroatoms. The Labute approximate surface area is 132 Å². The van der Waals surface area contributed by atoms with Crippen LogP contribution in [0.4, 0.5) is 0 Å². The van der Waals surface area contributed by atoms with E-state index in [2.05, 4.69) is 15.9 Å². The molecule has 1 N–H and O–H groups in total. The summed E-state index contributed by atoms with van der Waals surface area (Å²) in [5.41, 5.74) is 0.834. The Kier molecular flexibility index (Phi) is 5.36. The zero-order chi connectivity index (χ0) is 15.4. The topological polar surface area (TPSA) is 66.8 Å². The van der Waals surface area contributed by atoms with E-state index >= 15 is 0 Å². The molecular formula is C15H18BrNO4. The summed E-state index contributed by atoms with van der Waals surface area (Å²) < 4.78 is 5.92. The number of carbonyl (C=O) groups is 2. The maximum atomic E-state index is 12.2. The van der Waals surface area contributed by atoms with E-state index in [1.165, 1.54) is 0 Å². The van der Waals surface area contributed by atoms with Gasteiger partial charge in [-0.2, -0.15) is 0 Å². The summed E-state index contributed by atoms with van der Waals surface area (Å²) >= 11 is 3.40. The average molecular weight is 356 g/mol. The van der Waals surface area contributed by atoms with Gasteiger partial charge in [0.1, 0.15) is 0 Å². The van der Waals surface area contributed by atoms with E-state index in [4.69, 9.17) is 4.74 Å². The van der Waals surface area contributed by atoms with Crippen molar-refractivity contribution in [1.82, 2.24) is 4.90 Å². The van der Waals surface area contributed by atoms with E-state index in [1.807, 2.05) is 24.3 Å². The first-order valence-electron chi connectivity index (χ1n) is 6.81. The van der Waals surface area contributed by atoms with Crippen LogP contribution in [0.15, 0.2) is 28.7 Å². The van der Waals surface area contributed by atoms with Gasteiger partial charge in [-0.1, -0.05) is 28.1 Å². The first kappa shape index (κ1) is 16.0. The predicted molar refractivity (Wildman–Crippen MR) is 80.8 cm³/mol. The molecular weight excluding hydrogens is 338 g/mol. The number of carboxylic acids is 1. The lowest BCUT2D eigenvalue weighted by Crippen LogP contribution is -2.46. The molecule has 2 unspecified atom stereocenters. The number of ether oxygens (including phenoxy) is 1. The number of methoxy groups -OCH3 is 1. The van der Waals surface area contributed by atoms with Crippen LogP contribution < -0.4 is 0 Å². The fourth-order valence-electron chi connectivity index (χ4n) is 2.77. The van der Waals surface area contributed by atoms with E-state index < -0.39 is 17.9 Å². The number of amides is 1. The molecule has 0 spiro atoms. The second kappa shape index (κ2) is 7.04. The minimum atomic E-state index is -0.866. The van der Waals surface area contributed by atoms with Gasteiger partial charge in [0, 0.05) is 24.5 Å². The third kappa shape index (κ3) is 3.63. The summed E-state index contributed by atoms with van der Waals surface area (Å²) in [6.07, 6.45) is 0.639. The largest absolute Gasteiger partial charge is 0.481 e. The number of benzene rings is 1. The molecule has 1 heterocycles. The number of rotatable bonds is 5. The highest BCUT2D eigenvalue weighted by Crippen LogP contribution is 2.37. The van der Waals surface area contributed by atoms with Crippen molar-refractivity contribution in [3.63, 3.8) is 0 Å². The highest BCUT2D eigenvalue weighted by atomic mass is 79.9. The Balaban J connectivity index is 2.38. The lowest BCUT2D eigenvalue weighted by molar-refractivity contribution is -0.152. The predicted octanol–water partition coefficient (Wildman–Crippen LogP) is 2.46. The zero-order valence-electron chi connectivity index (χ0n) is 11.8. The number of aliphatic carboxylic acids is 1. The molecule has 1 aromatic carbocycles. The van der Waals surface area contributed by atoms with Crippen molar-refractivity contribution >= 4 is 27.8 Å². The van der Waals surface area contributed by atoms with E-state index in [0.717, 1.165) is 10.0 Å². The Morgan fingerprint density at radius 1 is 1.52 bits per heavy atom. The van der Waals surface area contributed by atoms with E-state index in [-0.39, 0.29) is 12.3 Å². The van der Waals surface area contributed by atoms with Gasteiger partial charge in [0.25, 0.3) is 0 Å². The second-order valence-electron chi connectivity index (χ2n) is 5.06. The molecule has 1 aliphatic rings. The number of carbonyl (C=O) groups excluding carboxylic acids is 1. The number of likely N-dealkylation sites (tertiary alicyclic amines) is 1. The quantitative estimate of drug-likeness (QED) is 0.880. The molecule has 0 aliphatic carbocycles. The number of halogens is 1. The molecule has 5 nitrogen and oxygen atoms in total. The van der Waals surface area contributed by atoms with Crippen molar-refractivity contribution in [2.75, 3.05) is 20.3 Å². The molecule has 1 aromatic rings. The van der Waals surface area contributed by atoms with Crippen molar-refractivity contribution in [1.29, 1.82) is 0 Å². The summed E-state index contributed by atoms with van der Waals surface area (Å²) in [6.45, 7) is 0.791. The van der Waals surface area contributed by atoms with Crippen molar-refractivity contribution in [3.05, 3.63) is 34.3 Å². The molecule has 0 aromatic heterocycles. The molecule has 0 radical (unpaired) electrons. The van der Waals surface area contributed by atoms with Crippen LogP contribution in [0.2, 0.25) is 0 Å². The Bertz CT molecular complexity index is 534. The van der Waals surface area contributed by atoms with Gasteiger partial charge in [-0.3, -0.25) is 9.59 Å². The Hall–Kier alpha value is -1.40.